The number of imidazole rings is 1. The van der Waals surface area contributed by atoms with Crippen molar-refractivity contribution in [2.75, 3.05) is 5.73 Å². The highest BCUT2D eigenvalue weighted by Gasteiger charge is 2.41. The highest BCUT2D eigenvalue weighted by Crippen LogP contribution is 2.46. The summed E-state index contributed by atoms with van der Waals surface area (Å²) in [4.78, 5) is 4.23. The third-order valence-corrected chi connectivity index (χ3v) is 3.16. The first-order valence-electron chi connectivity index (χ1n) is 5.04. The maximum absolute atomic E-state index is 13.2. The maximum Gasteiger partial charge on any atom is 0.201 e. The molecule has 4 heteroatoms. The summed E-state index contributed by atoms with van der Waals surface area (Å²) in [6.07, 6.45) is 2.17. The molecule has 0 saturated heterocycles. The largest absolute Gasteiger partial charge is 0.369 e. The fraction of sp³-hybridized carbons (Fsp3) is 0.364. The number of benzene rings is 1. The first-order chi connectivity index (χ1) is 7.10. The van der Waals surface area contributed by atoms with Gasteiger partial charge in [0.05, 0.1) is 11.0 Å². The quantitative estimate of drug-likeness (QED) is 0.776. The molecule has 0 atom stereocenters. The van der Waals surface area contributed by atoms with Gasteiger partial charge in [-0.1, -0.05) is 0 Å². The Balaban J connectivity index is 2.35. The number of nitrogen functional groups attached to an aromatic ring is 1. The van der Waals surface area contributed by atoms with Gasteiger partial charge < -0.3 is 10.3 Å². The van der Waals surface area contributed by atoms with Crippen molar-refractivity contribution in [3.63, 3.8) is 0 Å². The Morgan fingerprint density at radius 3 is 2.87 bits per heavy atom. The van der Waals surface area contributed by atoms with Gasteiger partial charge in [0.1, 0.15) is 5.82 Å². The normalized spacial score (nSPS) is 18.3. The van der Waals surface area contributed by atoms with E-state index in [4.69, 9.17) is 5.73 Å². The van der Waals surface area contributed by atoms with Crippen LogP contribution >= 0.6 is 0 Å². The van der Waals surface area contributed by atoms with Crippen LogP contribution in [0.25, 0.3) is 11.0 Å². The first kappa shape index (κ1) is 8.71. The van der Waals surface area contributed by atoms with E-state index in [9.17, 15) is 4.39 Å². The lowest BCUT2D eigenvalue weighted by Gasteiger charge is -2.13. The average molecular weight is 205 g/mol. The number of nitrogens with two attached hydrogens (primary N) is 1. The molecule has 1 saturated carbocycles. The molecule has 1 fully saturated rings. The van der Waals surface area contributed by atoms with Gasteiger partial charge in [0.15, 0.2) is 0 Å². The third-order valence-electron chi connectivity index (χ3n) is 3.16. The predicted molar refractivity (Wildman–Crippen MR) is 57.0 cm³/mol. The summed E-state index contributed by atoms with van der Waals surface area (Å²) in [5.74, 6) is 0.239. The minimum absolute atomic E-state index is 0.0482. The summed E-state index contributed by atoms with van der Waals surface area (Å²) >= 11 is 0. The van der Waals surface area contributed by atoms with Crippen molar-refractivity contribution in [1.29, 1.82) is 0 Å². The van der Waals surface area contributed by atoms with E-state index < -0.39 is 0 Å². The van der Waals surface area contributed by atoms with Crippen LogP contribution in [0.4, 0.5) is 10.3 Å². The lowest BCUT2D eigenvalue weighted by atomic mass is 10.2. The Bertz CT molecular complexity index is 540. The fourth-order valence-corrected chi connectivity index (χ4v) is 2.04. The number of hydrogen-bond donors (Lipinski definition) is 1. The van der Waals surface area contributed by atoms with E-state index in [1.807, 2.05) is 4.57 Å². The van der Waals surface area contributed by atoms with Gasteiger partial charge in [-0.25, -0.2) is 9.37 Å². The van der Waals surface area contributed by atoms with Crippen LogP contribution in [-0.2, 0) is 5.54 Å². The fourth-order valence-electron chi connectivity index (χ4n) is 2.04. The molecule has 1 aromatic heterocycles. The van der Waals surface area contributed by atoms with Gasteiger partial charge in [-0.15, -0.1) is 0 Å². The Morgan fingerprint density at radius 1 is 1.47 bits per heavy atom. The zero-order chi connectivity index (χ0) is 10.6. The highest BCUT2D eigenvalue weighted by molar-refractivity contribution is 5.79. The molecule has 1 aliphatic carbocycles. The van der Waals surface area contributed by atoms with Gasteiger partial charge in [-0.2, -0.15) is 0 Å². The summed E-state index contributed by atoms with van der Waals surface area (Å²) in [5, 5.41) is 0. The van der Waals surface area contributed by atoms with Crippen LogP contribution in [0, 0.1) is 5.82 Å². The van der Waals surface area contributed by atoms with E-state index in [-0.39, 0.29) is 11.4 Å². The van der Waals surface area contributed by atoms with Crippen LogP contribution in [0.5, 0.6) is 0 Å². The van der Waals surface area contributed by atoms with E-state index in [0.29, 0.717) is 5.95 Å². The van der Waals surface area contributed by atoms with Crippen molar-refractivity contribution in [3.8, 4) is 0 Å². The van der Waals surface area contributed by atoms with Gasteiger partial charge in [-0.3, -0.25) is 0 Å². The Hall–Kier alpha value is -1.58. The molecular formula is C11H12FN3. The van der Waals surface area contributed by atoms with Gasteiger partial charge in [0.25, 0.3) is 0 Å². The number of nitrogens with zero attached hydrogens (tertiary/aromatic N) is 2. The molecule has 1 aliphatic rings. The summed E-state index contributed by atoms with van der Waals surface area (Å²) < 4.78 is 15.1. The molecule has 0 aliphatic heterocycles. The van der Waals surface area contributed by atoms with Crippen LogP contribution in [0.15, 0.2) is 18.2 Å². The second-order valence-corrected chi connectivity index (χ2v) is 4.44. The number of rotatable bonds is 1. The van der Waals surface area contributed by atoms with Crippen LogP contribution in [-0.4, -0.2) is 9.55 Å². The maximum atomic E-state index is 13.2. The second-order valence-electron chi connectivity index (χ2n) is 4.44. The molecule has 0 radical (unpaired) electrons. The molecule has 2 aromatic rings. The molecule has 0 bridgehead atoms. The molecule has 0 unspecified atom stereocenters. The topological polar surface area (TPSA) is 43.8 Å². The molecule has 3 rings (SSSR count). The van der Waals surface area contributed by atoms with Gasteiger partial charge >= 0.3 is 0 Å². The minimum atomic E-state index is -0.243. The smallest absolute Gasteiger partial charge is 0.201 e. The standard InChI is InChI=1S/C11H12FN3/c1-11(4-5-11)15-9-6-7(12)2-3-8(9)14-10(15)13/h2-3,6H,4-5H2,1H3,(H2,13,14). The molecular weight excluding hydrogens is 193 g/mol. The van der Waals surface area contributed by atoms with E-state index in [1.54, 1.807) is 6.07 Å². The zero-order valence-electron chi connectivity index (χ0n) is 8.50. The number of fused-ring (bicyclic) bond motifs is 1. The van der Waals surface area contributed by atoms with E-state index in [1.165, 1.54) is 12.1 Å². The number of anilines is 1. The predicted octanol–water partition coefficient (Wildman–Crippen LogP) is 2.27. The molecule has 15 heavy (non-hydrogen) atoms. The highest BCUT2D eigenvalue weighted by atomic mass is 19.1. The monoisotopic (exact) mass is 205 g/mol. The molecule has 3 nitrogen and oxygen atoms in total. The van der Waals surface area contributed by atoms with E-state index >= 15 is 0 Å². The Kier molecular flexibility index (Phi) is 1.45. The molecule has 1 heterocycles. The number of halogens is 1. The molecule has 1 aromatic carbocycles. The van der Waals surface area contributed by atoms with Gasteiger partial charge in [0, 0.05) is 5.54 Å². The molecule has 78 valence electrons. The summed E-state index contributed by atoms with van der Waals surface area (Å²) in [5.41, 5.74) is 7.47. The van der Waals surface area contributed by atoms with Crippen LogP contribution in [0.3, 0.4) is 0 Å². The third kappa shape index (κ3) is 1.14. The van der Waals surface area contributed by atoms with Gasteiger partial charge in [0.2, 0.25) is 5.95 Å². The van der Waals surface area contributed by atoms with E-state index in [2.05, 4.69) is 11.9 Å². The first-order valence-corrected chi connectivity index (χ1v) is 5.04. The van der Waals surface area contributed by atoms with Crippen LogP contribution < -0.4 is 5.73 Å². The van der Waals surface area contributed by atoms with Crippen molar-refractivity contribution in [2.45, 2.75) is 25.3 Å². The SMILES string of the molecule is CC1(n2c(N)nc3ccc(F)cc32)CC1. The van der Waals surface area contributed by atoms with Crippen LogP contribution in [0.1, 0.15) is 19.8 Å². The second kappa shape index (κ2) is 2.51. The van der Waals surface area contributed by atoms with Crippen molar-refractivity contribution in [1.82, 2.24) is 9.55 Å². The zero-order valence-corrected chi connectivity index (χ0v) is 8.50. The lowest BCUT2D eigenvalue weighted by Crippen LogP contribution is -2.14. The Morgan fingerprint density at radius 2 is 2.20 bits per heavy atom. The van der Waals surface area contributed by atoms with Crippen LogP contribution in [0.2, 0.25) is 0 Å². The number of hydrogen-bond acceptors (Lipinski definition) is 2. The van der Waals surface area contributed by atoms with Gasteiger partial charge in [-0.05, 0) is 38.0 Å². The molecule has 2 N–H and O–H groups in total. The lowest BCUT2D eigenvalue weighted by molar-refractivity contribution is 0.554. The van der Waals surface area contributed by atoms with Crippen molar-refractivity contribution in [2.24, 2.45) is 0 Å². The van der Waals surface area contributed by atoms with E-state index in [0.717, 1.165) is 23.9 Å². The van der Waals surface area contributed by atoms with Crippen molar-refractivity contribution in [3.05, 3.63) is 24.0 Å². The van der Waals surface area contributed by atoms with Crippen molar-refractivity contribution >= 4 is 17.0 Å². The summed E-state index contributed by atoms with van der Waals surface area (Å²) in [6, 6.07) is 4.58. The van der Waals surface area contributed by atoms with Crippen molar-refractivity contribution < 1.29 is 4.39 Å². The summed E-state index contributed by atoms with van der Waals surface area (Å²) in [6.45, 7) is 2.12. The molecule has 0 amide bonds. The minimum Gasteiger partial charge on any atom is -0.369 e. The summed E-state index contributed by atoms with van der Waals surface area (Å²) in [7, 11) is 0. The molecule has 0 spiro atoms. The number of aromatic nitrogens is 2. The average Bonchev–Trinajstić information content (AvgIpc) is 2.80. The Labute approximate surface area is 86.7 Å².